The lowest BCUT2D eigenvalue weighted by Gasteiger charge is -2.07. The molecule has 1 heterocycles. The first-order chi connectivity index (χ1) is 11.0. The summed E-state index contributed by atoms with van der Waals surface area (Å²) in [5, 5.41) is 6.67. The van der Waals surface area contributed by atoms with E-state index in [1.807, 2.05) is 0 Å². The molecular formula is C15H12Cl2N4O2. The van der Waals surface area contributed by atoms with E-state index in [4.69, 9.17) is 23.2 Å². The number of carbonyl (C=O) groups excluding carboxylic acids is 2. The fourth-order valence-electron chi connectivity index (χ4n) is 1.62. The van der Waals surface area contributed by atoms with Crippen LogP contribution in [0.25, 0.3) is 0 Å². The van der Waals surface area contributed by atoms with Crippen molar-refractivity contribution in [2.75, 3.05) is 5.32 Å². The molecule has 6 nitrogen and oxygen atoms in total. The number of aromatic nitrogens is 1. The molecule has 0 fully saturated rings. The zero-order chi connectivity index (χ0) is 16.8. The number of hydrogen-bond acceptors (Lipinski definition) is 4. The Kier molecular flexibility index (Phi) is 5.67. The first-order valence-electron chi connectivity index (χ1n) is 6.49. The van der Waals surface area contributed by atoms with Crippen LogP contribution in [0.1, 0.15) is 12.5 Å². The lowest BCUT2D eigenvalue weighted by molar-refractivity contribution is -0.136. The molecule has 0 aliphatic carbocycles. The van der Waals surface area contributed by atoms with Gasteiger partial charge < -0.3 is 5.32 Å². The number of hydrazone groups is 1. The molecule has 23 heavy (non-hydrogen) atoms. The number of anilines is 1. The van der Waals surface area contributed by atoms with Crippen molar-refractivity contribution in [1.82, 2.24) is 10.4 Å². The fraction of sp³-hybridized carbons (Fsp3) is 0.0667. The van der Waals surface area contributed by atoms with Gasteiger partial charge >= 0.3 is 11.8 Å². The minimum absolute atomic E-state index is 0.159. The van der Waals surface area contributed by atoms with Gasteiger partial charge in [-0.3, -0.25) is 14.6 Å². The van der Waals surface area contributed by atoms with E-state index in [9.17, 15) is 9.59 Å². The molecule has 1 aromatic heterocycles. The van der Waals surface area contributed by atoms with Gasteiger partial charge in [-0.15, -0.1) is 0 Å². The Morgan fingerprint density at radius 1 is 1.09 bits per heavy atom. The SMILES string of the molecule is C/C(=N\NC(=O)C(=O)Nc1cccc(Cl)c1Cl)c1ccncc1. The van der Waals surface area contributed by atoms with Crippen molar-refractivity contribution in [3.8, 4) is 0 Å². The second-order valence-corrected chi connectivity index (χ2v) is 5.21. The van der Waals surface area contributed by atoms with Gasteiger partial charge in [0.1, 0.15) is 0 Å². The van der Waals surface area contributed by atoms with Crippen LogP contribution in [0.3, 0.4) is 0 Å². The summed E-state index contributed by atoms with van der Waals surface area (Å²) in [7, 11) is 0. The molecule has 0 saturated heterocycles. The van der Waals surface area contributed by atoms with Crippen molar-refractivity contribution < 1.29 is 9.59 Å². The zero-order valence-electron chi connectivity index (χ0n) is 12.0. The van der Waals surface area contributed by atoms with Gasteiger partial charge in [0, 0.05) is 18.0 Å². The van der Waals surface area contributed by atoms with Crippen LogP contribution in [0.4, 0.5) is 5.69 Å². The molecule has 2 rings (SSSR count). The molecule has 0 unspecified atom stereocenters. The largest absolute Gasteiger partial charge is 0.329 e. The Balaban J connectivity index is 2.01. The van der Waals surface area contributed by atoms with E-state index in [2.05, 4.69) is 20.8 Å². The molecule has 2 aromatic rings. The van der Waals surface area contributed by atoms with Crippen LogP contribution < -0.4 is 10.7 Å². The first-order valence-corrected chi connectivity index (χ1v) is 7.24. The molecule has 0 bridgehead atoms. The van der Waals surface area contributed by atoms with Crippen LogP contribution in [0, 0.1) is 0 Å². The van der Waals surface area contributed by atoms with E-state index >= 15 is 0 Å². The van der Waals surface area contributed by atoms with Gasteiger partial charge in [-0.1, -0.05) is 29.3 Å². The van der Waals surface area contributed by atoms with Gasteiger partial charge in [-0.25, -0.2) is 5.43 Å². The smallest absolute Gasteiger partial charge is 0.316 e. The van der Waals surface area contributed by atoms with Gasteiger partial charge in [0.15, 0.2) is 0 Å². The molecule has 8 heteroatoms. The third-order valence-electron chi connectivity index (χ3n) is 2.83. The zero-order valence-corrected chi connectivity index (χ0v) is 13.5. The van der Waals surface area contributed by atoms with Crippen molar-refractivity contribution in [2.45, 2.75) is 6.92 Å². The average molecular weight is 351 g/mol. The normalized spacial score (nSPS) is 11.0. The molecule has 0 atom stereocenters. The van der Waals surface area contributed by atoms with Crippen LogP contribution in [-0.2, 0) is 9.59 Å². The summed E-state index contributed by atoms with van der Waals surface area (Å²) in [4.78, 5) is 27.5. The van der Waals surface area contributed by atoms with Crippen molar-refractivity contribution in [2.24, 2.45) is 5.10 Å². The number of rotatable bonds is 3. The van der Waals surface area contributed by atoms with Crippen molar-refractivity contribution in [3.63, 3.8) is 0 Å². The van der Waals surface area contributed by atoms with Crippen molar-refractivity contribution in [3.05, 3.63) is 58.3 Å². The number of pyridine rings is 1. The van der Waals surface area contributed by atoms with E-state index < -0.39 is 11.8 Å². The maximum Gasteiger partial charge on any atom is 0.329 e. The predicted molar refractivity (Wildman–Crippen MR) is 89.7 cm³/mol. The summed E-state index contributed by atoms with van der Waals surface area (Å²) in [6, 6.07) is 8.17. The number of amides is 2. The average Bonchev–Trinajstić information content (AvgIpc) is 2.57. The third-order valence-corrected chi connectivity index (χ3v) is 3.65. The van der Waals surface area contributed by atoms with Crippen molar-refractivity contribution in [1.29, 1.82) is 0 Å². The van der Waals surface area contributed by atoms with Gasteiger partial charge in [-0.05, 0) is 31.2 Å². The Bertz CT molecular complexity index is 763. The molecule has 0 spiro atoms. The van der Waals surface area contributed by atoms with Gasteiger partial charge in [0.25, 0.3) is 0 Å². The number of hydrogen-bond donors (Lipinski definition) is 2. The summed E-state index contributed by atoms with van der Waals surface area (Å²) in [5.41, 5.74) is 3.73. The topological polar surface area (TPSA) is 83.5 Å². The van der Waals surface area contributed by atoms with Crippen LogP contribution in [0.15, 0.2) is 47.8 Å². The predicted octanol–water partition coefficient (Wildman–Crippen LogP) is 2.87. The van der Waals surface area contributed by atoms with Crippen LogP contribution in [0.5, 0.6) is 0 Å². The molecule has 0 saturated carbocycles. The molecule has 2 amide bonds. The quantitative estimate of drug-likeness (QED) is 0.507. The van der Waals surface area contributed by atoms with E-state index in [1.165, 1.54) is 6.07 Å². The highest BCUT2D eigenvalue weighted by Gasteiger charge is 2.15. The molecule has 2 N–H and O–H groups in total. The minimum Gasteiger partial charge on any atom is -0.316 e. The Hall–Kier alpha value is -2.44. The number of nitrogens with one attached hydrogen (secondary N) is 2. The Morgan fingerprint density at radius 3 is 2.48 bits per heavy atom. The third kappa shape index (κ3) is 4.51. The molecular weight excluding hydrogens is 339 g/mol. The highest BCUT2D eigenvalue weighted by atomic mass is 35.5. The van der Waals surface area contributed by atoms with E-state index in [-0.39, 0.29) is 15.7 Å². The molecule has 0 aliphatic heterocycles. The highest BCUT2D eigenvalue weighted by molar-refractivity contribution is 6.45. The summed E-state index contributed by atoms with van der Waals surface area (Å²) in [5.74, 6) is -1.82. The number of benzene rings is 1. The maximum atomic E-state index is 11.8. The first kappa shape index (κ1) is 16.9. The van der Waals surface area contributed by atoms with Crippen LogP contribution in [0.2, 0.25) is 10.0 Å². The number of halogens is 2. The second-order valence-electron chi connectivity index (χ2n) is 4.43. The van der Waals surface area contributed by atoms with E-state index in [0.717, 1.165) is 5.56 Å². The van der Waals surface area contributed by atoms with Gasteiger partial charge in [0.05, 0.1) is 21.4 Å². The monoisotopic (exact) mass is 350 g/mol. The standard InChI is InChI=1S/C15H12Cl2N4O2/c1-9(10-5-7-18-8-6-10)20-21-15(23)14(22)19-12-4-2-3-11(16)13(12)17/h2-8H,1H3,(H,19,22)(H,21,23)/b20-9+. The molecule has 1 aromatic carbocycles. The molecule has 0 aliphatic rings. The molecule has 118 valence electrons. The fourth-order valence-corrected chi connectivity index (χ4v) is 1.97. The van der Waals surface area contributed by atoms with E-state index in [1.54, 1.807) is 43.6 Å². The lowest BCUT2D eigenvalue weighted by Crippen LogP contribution is -2.33. The minimum atomic E-state index is -0.922. The number of nitrogens with zero attached hydrogens (tertiary/aromatic N) is 2. The summed E-state index contributed by atoms with van der Waals surface area (Å²) < 4.78 is 0. The summed E-state index contributed by atoms with van der Waals surface area (Å²) >= 11 is 11.8. The van der Waals surface area contributed by atoms with Crippen molar-refractivity contribution >= 4 is 46.4 Å². The maximum absolute atomic E-state index is 11.8. The second kappa shape index (κ2) is 7.71. The molecule has 0 radical (unpaired) electrons. The number of carbonyl (C=O) groups is 2. The van der Waals surface area contributed by atoms with E-state index in [0.29, 0.717) is 5.71 Å². The Morgan fingerprint density at radius 2 is 1.78 bits per heavy atom. The lowest BCUT2D eigenvalue weighted by atomic mass is 10.2. The van der Waals surface area contributed by atoms with Gasteiger partial charge in [0.2, 0.25) is 0 Å². The highest BCUT2D eigenvalue weighted by Crippen LogP contribution is 2.29. The summed E-state index contributed by atoms with van der Waals surface area (Å²) in [6.07, 6.45) is 3.20. The van der Waals surface area contributed by atoms with Crippen LogP contribution in [-0.4, -0.2) is 22.5 Å². The Labute approximate surface area is 142 Å². The van der Waals surface area contributed by atoms with Crippen LogP contribution >= 0.6 is 23.2 Å². The summed E-state index contributed by atoms with van der Waals surface area (Å²) in [6.45, 7) is 1.70. The van der Waals surface area contributed by atoms with Gasteiger partial charge in [-0.2, -0.15) is 5.10 Å².